The summed E-state index contributed by atoms with van der Waals surface area (Å²) in [7, 11) is 0. The highest BCUT2D eigenvalue weighted by molar-refractivity contribution is 5.79. The zero-order chi connectivity index (χ0) is 10.8. The Morgan fingerprint density at radius 2 is 2.53 bits per heavy atom. The zero-order valence-corrected chi connectivity index (χ0v) is 8.72. The fourth-order valence-electron chi connectivity index (χ4n) is 1.99. The molecule has 1 aromatic heterocycles. The fraction of sp³-hybridized carbons (Fsp3) is 0.545. The highest BCUT2D eigenvalue weighted by Crippen LogP contribution is 2.28. The van der Waals surface area contributed by atoms with E-state index in [0.717, 1.165) is 5.76 Å². The van der Waals surface area contributed by atoms with Crippen LogP contribution in [0, 0.1) is 5.92 Å². The van der Waals surface area contributed by atoms with E-state index in [1.807, 2.05) is 19.1 Å². The maximum atomic E-state index is 11.7. The first kappa shape index (κ1) is 10.2. The van der Waals surface area contributed by atoms with E-state index in [1.54, 1.807) is 11.2 Å². The van der Waals surface area contributed by atoms with Gasteiger partial charge in [-0.25, -0.2) is 0 Å². The SMILES string of the molecule is CC(c1ccco1)N1CC(CO)CC1=O. The number of amides is 1. The van der Waals surface area contributed by atoms with Crippen LogP contribution in [0.4, 0.5) is 0 Å². The van der Waals surface area contributed by atoms with Crippen LogP contribution in [0.2, 0.25) is 0 Å². The van der Waals surface area contributed by atoms with Gasteiger partial charge in [0.25, 0.3) is 0 Å². The van der Waals surface area contributed by atoms with E-state index in [1.165, 1.54) is 0 Å². The Bertz CT molecular complexity index is 334. The molecule has 1 aliphatic rings. The molecule has 82 valence electrons. The molecule has 1 saturated heterocycles. The summed E-state index contributed by atoms with van der Waals surface area (Å²) in [6.07, 6.45) is 2.05. The Morgan fingerprint density at radius 1 is 1.73 bits per heavy atom. The lowest BCUT2D eigenvalue weighted by Gasteiger charge is -2.22. The van der Waals surface area contributed by atoms with E-state index in [0.29, 0.717) is 13.0 Å². The third-order valence-electron chi connectivity index (χ3n) is 2.92. The minimum Gasteiger partial charge on any atom is -0.467 e. The van der Waals surface area contributed by atoms with Gasteiger partial charge in [-0.15, -0.1) is 0 Å². The van der Waals surface area contributed by atoms with Crippen molar-refractivity contribution in [2.24, 2.45) is 5.92 Å². The highest BCUT2D eigenvalue weighted by atomic mass is 16.3. The second-order valence-corrected chi connectivity index (χ2v) is 3.99. The van der Waals surface area contributed by atoms with Gasteiger partial charge in [-0.3, -0.25) is 4.79 Å². The lowest BCUT2D eigenvalue weighted by atomic mass is 10.1. The maximum Gasteiger partial charge on any atom is 0.223 e. The summed E-state index contributed by atoms with van der Waals surface area (Å²) in [6.45, 7) is 2.64. The molecule has 1 aliphatic heterocycles. The Hall–Kier alpha value is -1.29. The zero-order valence-electron chi connectivity index (χ0n) is 8.72. The molecular weight excluding hydrogens is 194 g/mol. The molecule has 0 aromatic carbocycles. The van der Waals surface area contributed by atoms with Crippen LogP contribution >= 0.6 is 0 Å². The molecule has 2 unspecified atom stereocenters. The van der Waals surface area contributed by atoms with Crippen molar-refractivity contribution < 1.29 is 14.3 Å². The summed E-state index contributed by atoms with van der Waals surface area (Å²) in [6, 6.07) is 3.64. The third kappa shape index (κ3) is 1.90. The Labute approximate surface area is 88.5 Å². The smallest absolute Gasteiger partial charge is 0.223 e. The average Bonchev–Trinajstić information content (AvgIpc) is 2.85. The molecule has 1 fully saturated rings. The predicted octanol–water partition coefficient (Wildman–Crippen LogP) is 1.18. The second-order valence-electron chi connectivity index (χ2n) is 3.99. The molecule has 4 heteroatoms. The van der Waals surface area contributed by atoms with Crippen molar-refractivity contribution >= 4 is 5.91 Å². The first-order chi connectivity index (χ1) is 7.22. The quantitative estimate of drug-likeness (QED) is 0.813. The molecule has 0 radical (unpaired) electrons. The van der Waals surface area contributed by atoms with Crippen molar-refractivity contribution in [3.8, 4) is 0 Å². The maximum absolute atomic E-state index is 11.7. The summed E-state index contributed by atoms with van der Waals surface area (Å²) >= 11 is 0. The van der Waals surface area contributed by atoms with Gasteiger partial charge >= 0.3 is 0 Å². The largest absolute Gasteiger partial charge is 0.467 e. The number of aliphatic hydroxyl groups is 1. The van der Waals surface area contributed by atoms with Crippen LogP contribution in [-0.4, -0.2) is 29.1 Å². The summed E-state index contributed by atoms with van der Waals surface area (Å²) in [5.74, 6) is 0.967. The Balaban J connectivity index is 2.08. The molecule has 4 nitrogen and oxygen atoms in total. The lowest BCUT2D eigenvalue weighted by Crippen LogP contribution is -2.28. The van der Waals surface area contributed by atoms with Gasteiger partial charge in [0, 0.05) is 25.5 Å². The predicted molar refractivity (Wildman–Crippen MR) is 54.0 cm³/mol. The van der Waals surface area contributed by atoms with Crippen LogP contribution in [0.3, 0.4) is 0 Å². The molecule has 0 bridgehead atoms. The summed E-state index contributed by atoms with van der Waals surface area (Å²) < 4.78 is 5.27. The molecule has 1 amide bonds. The second kappa shape index (κ2) is 4.06. The summed E-state index contributed by atoms with van der Waals surface area (Å²) in [4.78, 5) is 13.4. The average molecular weight is 209 g/mol. The molecule has 1 N–H and O–H groups in total. The molecule has 15 heavy (non-hydrogen) atoms. The van der Waals surface area contributed by atoms with Crippen molar-refractivity contribution in [1.82, 2.24) is 4.90 Å². The van der Waals surface area contributed by atoms with E-state index >= 15 is 0 Å². The van der Waals surface area contributed by atoms with Crippen LogP contribution in [0.1, 0.15) is 25.1 Å². The fourth-order valence-corrected chi connectivity index (χ4v) is 1.99. The number of likely N-dealkylation sites (tertiary alicyclic amines) is 1. The van der Waals surface area contributed by atoms with Crippen LogP contribution in [0.25, 0.3) is 0 Å². The van der Waals surface area contributed by atoms with Crippen molar-refractivity contribution in [2.45, 2.75) is 19.4 Å². The number of nitrogens with zero attached hydrogens (tertiary/aromatic N) is 1. The molecule has 2 heterocycles. The van der Waals surface area contributed by atoms with Crippen molar-refractivity contribution in [3.05, 3.63) is 24.2 Å². The van der Waals surface area contributed by atoms with Crippen LogP contribution < -0.4 is 0 Å². The van der Waals surface area contributed by atoms with Crippen LogP contribution in [0.15, 0.2) is 22.8 Å². The third-order valence-corrected chi connectivity index (χ3v) is 2.92. The molecule has 1 aromatic rings. The van der Waals surface area contributed by atoms with Gasteiger partial charge in [-0.2, -0.15) is 0 Å². The van der Waals surface area contributed by atoms with Crippen LogP contribution in [0.5, 0.6) is 0 Å². The first-order valence-corrected chi connectivity index (χ1v) is 5.16. The number of hydrogen-bond acceptors (Lipinski definition) is 3. The lowest BCUT2D eigenvalue weighted by molar-refractivity contribution is -0.129. The van der Waals surface area contributed by atoms with Gasteiger partial charge in [0.05, 0.1) is 12.3 Å². The van der Waals surface area contributed by atoms with E-state index in [-0.39, 0.29) is 24.5 Å². The van der Waals surface area contributed by atoms with E-state index in [2.05, 4.69) is 0 Å². The van der Waals surface area contributed by atoms with Gasteiger partial charge in [0.1, 0.15) is 5.76 Å². The first-order valence-electron chi connectivity index (χ1n) is 5.16. The Kier molecular flexibility index (Phi) is 2.77. The molecule has 2 atom stereocenters. The number of aliphatic hydroxyl groups excluding tert-OH is 1. The van der Waals surface area contributed by atoms with Gasteiger partial charge in [0.2, 0.25) is 5.91 Å². The summed E-state index contributed by atoms with van der Waals surface area (Å²) in [5.41, 5.74) is 0. The minimum atomic E-state index is -0.0379. The van der Waals surface area contributed by atoms with Crippen molar-refractivity contribution in [3.63, 3.8) is 0 Å². The van der Waals surface area contributed by atoms with Gasteiger partial charge < -0.3 is 14.4 Å². The molecular formula is C11H15NO3. The Morgan fingerprint density at radius 3 is 3.07 bits per heavy atom. The molecule has 0 spiro atoms. The van der Waals surface area contributed by atoms with Crippen LogP contribution in [-0.2, 0) is 4.79 Å². The normalized spacial score (nSPS) is 23.5. The van der Waals surface area contributed by atoms with Gasteiger partial charge in [-0.05, 0) is 19.1 Å². The summed E-state index contributed by atoms with van der Waals surface area (Å²) in [5, 5.41) is 9.01. The number of hydrogen-bond donors (Lipinski definition) is 1. The number of furan rings is 1. The number of carbonyl (C=O) groups is 1. The van der Waals surface area contributed by atoms with Crippen molar-refractivity contribution in [1.29, 1.82) is 0 Å². The van der Waals surface area contributed by atoms with E-state index < -0.39 is 0 Å². The standard InChI is InChI=1S/C11H15NO3/c1-8(10-3-2-4-15-10)12-6-9(7-13)5-11(12)14/h2-4,8-9,13H,5-7H2,1H3. The molecule has 0 saturated carbocycles. The van der Waals surface area contributed by atoms with E-state index in [9.17, 15) is 4.79 Å². The topological polar surface area (TPSA) is 53.7 Å². The molecule has 2 rings (SSSR count). The number of rotatable bonds is 3. The van der Waals surface area contributed by atoms with Gasteiger partial charge in [0.15, 0.2) is 0 Å². The minimum absolute atomic E-state index is 0.0379. The van der Waals surface area contributed by atoms with Gasteiger partial charge in [-0.1, -0.05) is 0 Å². The number of carbonyl (C=O) groups excluding carboxylic acids is 1. The highest BCUT2D eigenvalue weighted by Gasteiger charge is 2.33. The molecule has 0 aliphatic carbocycles. The van der Waals surface area contributed by atoms with E-state index in [4.69, 9.17) is 9.52 Å². The monoisotopic (exact) mass is 209 g/mol. The van der Waals surface area contributed by atoms with Crippen molar-refractivity contribution in [2.75, 3.05) is 13.2 Å².